The third kappa shape index (κ3) is 1.73. The summed E-state index contributed by atoms with van der Waals surface area (Å²) in [7, 11) is 2.14. The minimum absolute atomic E-state index is 0.0924. The van der Waals surface area contributed by atoms with Crippen LogP contribution >= 0.6 is 0 Å². The molecule has 0 spiro atoms. The van der Waals surface area contributed by atoms with E-state index in [0.717, 1.165) is 29.7 Å². The van der Waals surface area contributed by atoms with Crippen molar-refractivity contribution in [3.05, 3.63) is 47.2 Å². The molecule has 3 heteroatoms. The van der Waals surface area contributed by atoms with Crippen molar-refractivity contribution in [1.29, 1.82) is 0 Å². The average Bonchev–Trinajstić information content (AvgIpc) is 2.72. The molecule has 3 heterocycles. The molecule has 0 N–H and O–H groups in total. The van der Waals surface area contributed by atoms with E-state index in [1.807, 2.05) is 30.3 Å². The Labute approximate surface area is 119 Å². The van der Waals surface area contributed by atoms with Gasteiger partial charge in [-0.3, -0.25) is 9.69 Å². The van der Waals surface area contributed by atoms with Crippen LogP contribution in [0.3, 0.4) is 0 Å². The van der Waals surface area contributed by atoms with Gasteiger partial charge >= 0.3 is 0 Å². The lowest BCUT2D eigenvalue weighted by Crippen LogP contribution is -2.42. The summed E-state index contributed by atoms with van der Waals surface area (Å²) in [6, 6.07) is 11.0. The first-order chi connectivity index (χ1) is 9.74. The molecular weight excluding hydrogens is 250 g/mol. The van der Waals surface area contributed by atoms with Crippen molar-refractivity contribution in [2.75, 3.05) is 7.05 Å². The molecule has 3 aliphatic rings. The summed E-state index contributed by atoms with van der Waals surface area (Å²) in [6.45, 7) is 0. The minimum atomic E-state index is -0.0924. The van der Waals surface area contributed by atoms with E-state index >= 15 is 0 Å². The van der Waals surface area contributed by atoms with Gasteiger partial charge in [0.1, 0.15) is 11.9 Å². The number of fused-ring (bicyclic) bond motifs is 3. The highest BCUT2D eigenvalue weighted by Crippen LogP contribution is 2.44. The summed E-state index contributed by atoms with van der Waals surface area (Å²) in [5, 5.41) is 0. The van der Waals surface area contributed by atoms with Crippen LogP contribution in [0, 0.1) is 0 Å². The Morgan fingerprint density at radius 3 is 2.75 bits per heavy atom. The summed E-state index contributed by atoms with van der Waals surface area (Å²) >= 11 is 0. The fourth-order valence-electron chi connectivity index (χ4n) is 3.91. The number of carbonyl (C=O) groups is 1. The molecular formula is C17H19NO2. The maximum absolute atomic E-state index is 12.6. The van der Waals surface area contributed by atoms with E-state index in [4.69, 9.17) is 4.74 Å². The Balaban J connectivity index is 1.68. The second-order valence-electron chi connectivity index (χ2n) is 6.10. The van der Waals surface area contributed by atoms with Crippen LogP contribution in [0.1, 0.15) is 37.4 Å². The molecule has 0 aromatic heterocycles. The molecule has 0 amide bonds. The maximum atomic E-state index is 12.6. The molecule has 3 nitrogen and oxygen atoms in total. The minimum Gasteiger partial charge on any atom is -0.489 e. The van der Waals surface area contributed by atoms with Gasteiger partial charge in [0, 0.05) is 18.5 Å². The van der Waals surface area contributed by atoms with Crippen LogP contribution in [-0.4, -0.2) is 29.8 Å². The summed E-state index contributed by atoms with van der Waals surface area (Å²) in [5.41, 5.74) is 2.08. The Bertz CT molecular complexity index is 578. The van der Waals surface area contributed by atoms with Crippen molar-refractivity contribution in [3.8, 4) is 0 Å². The molecule has 1 aromatic carbocycles. The van der Waals surface area contributed by atoms with E-state index in [9.17, 15) is 4.79 Å². The molecule has 0 radical (unpaired) electrons. The first-order valence-corrected chi connectivity index (χ1v) is 7.44. The Kier molecular flexibility index (Phi) is 2.71. The van der Waals surface area contributed by atoms with E-state index in [1.165, 1.54) is 6.42 Å². The summed E-state index contributed by atoms with van der Waals surface area (Å²) < 4.78 is 6.21. The van der Waals surface area contributed by atoms with Gasteiger partial charge in [-0.25, -0.2) is 0 Å². The number of likely N-dealkylation sites (N-methyl/N-ethyl adjacent to an activating group) is 1. The zero-order valence-corrected chi connectivity index (χ0v) is 11.7. The molecule has 104 valence electrons. The standard InChI is InChI=1S/C17H19NO2/c1-18-12-7-8-13(18)17-14(19)10-15(20-16(17)9-12)11-5-3-2-4-6-11/h2-6,12-13,15H,7-10H2,1H3/t12-,13+,15-/m0/s1. The van der Waals surface area contributed by atoms with Gasteiger partial charge in [-0.1, -0.05) is 30.3 Å². The fourth-order valence-corrected chi connectivity index (χ4v) is 3.91. The van der Waals surface area contributed by atoms with Crippen LogP contribution in [0.25, 0.3) is 0 Å². The fraction of sp³-hybridized carbons (Fsp3) is 0.471. The predicted molar refractivity (Wildman–Crippen MR) is 76.1 cm³/mol. The highest BCUT2D eigenvalue weighted by Gasteiger charge is 2.45. The Hall–Kier alpha value is -1.61. The number of hydrogen-bond acceptors (Lipinski definition) is 3. The molecule has 2 bridgehead atoms. The molecule has 0 unspecified atom stereocenters. The van der Waals surface area contributed by atoms with Crippen LogP contribution in [-0.2, 0) is 9.53 Å². The maximum Gasteiger partial charge on any atom is 0.167 e. The third-order valence-corrected chi connectivity index (χ3v) is 5.02. The largest absolute Gasteiger partial charge is 0.489 e. The summed E-state index contributed by atoms with van der Waals surface area (Å²) in [4.78, 5) is 14.9. The topological polar surface area (TPSA) is 29.5 Å². The van der Waals surface area contributed by atoms with Gasteiger partial charge in [0.25, 0.3) is 0 Å². The average molecular weight is 269 g/mol. The third-order valence-electron chi connectivity index (χ3n) is 5.02. The van der Waals surface area contributed by atoms with E-state index in [-0.39, 0.29) is 11.9 Å². The summed E-state index contributed by atoms with van der Waals surface area (Å²) in [6.07, 6.45) is 3.58. The second kappa shape index (κ2) is 4.45. The van der Waals surface area contributed by atoms with Gasteiger partial charge in [0.15, 0.2) is 5.78 Å². The van der Waals surface area contributed by atoms with Crippen molar-refractivity contribution >= 4 is 5.78 Å². The van der Waals surface area contributed by atoms with Crippen LogP contribution < -0.4 is 0 Å². The molecule has 3 aliphatic heterocycles. The van der Waals surface area contributed by atoms with Crippen molar-refractivity contribution in [3.63, 3.8) is 0 Å². The highest BCUT2D eigenvalue weighted by molar-refractivity contribution is 5.98. The highest BCUT2D eigenvalue weighted by atomic mass is 16.5. The molecule has 20 heavy (non-hydrogen) atoms. The molecule has 3 atom stereocenters. The lowest BCUT2D eigenvalue weighted by molar-refractivity contribution is -0.121. The normalized spacial score (nSPS) is 33.0. The van der Waals surface area contributed by atoms with Crippen molar-refractivity contribution < 1.29 is 9.53 Å². The molecule has 4 rings (SSSR count). The van der Waals surface area contributed by atoms with Gasteiger partial charge in [0.2, 0.25) is 0 Å². The van der Waals surface area contributed by atoms with Crippen LogP contribution in [0.2, 0.25) is 0 Å². The SMILES string of the molecule is CN1[C@H]2CC[C@@H]1C1=C(C2)O[C@H](c2ccccc2)CC1=O. The van der Waals surface area contributed by atoms with E-state index in [2.05, 4.69) is 11.9 Å². The van der Waals surface area contributed by atoms with Crippen LogP contribution in [0.15, 0.2) is 41.7 Å². The first-order valence-electron chi connectivity index (χ1n) is 7.44. The van der Waals surface area contributed by atoms with Gasteiger partial charge in [-0.2, -0.15) is 0 Å². The van der Waals surface area contributed by atoms with E-state index < -0.39 is 0 Å². The number of ether oxygens (including phenoxy) is 1. The number of rotatable bonds is 1. The quantitative estimate of drug-likeness (QED) is 0.785. The molecule has 0 aliphatic carbocycles. The number of nitrogens with zero attached hydrogens (tertiary/aromatic N) is 1. The van der Waals surface area contributed by atoms with Crippen molar-refractivity contribution in [2.24, 2.45) is 0 Å². The molecule has 1 saturated heterocycles. The predicted octanol–water partition coefficient (Wildman–Crippen LogP) is 2.84. The number of hydrogen-bond donors (Lipinski definition) is 0. The lowest BCUT2D eigenvalue weighted by atomic mass is 9.89. The van der Waals surface area contributed by atoms with Crippen LogP contribution in [0.5, 0.6) is 0 Å². The lowest BCUT2D eigenvalue weighted by Gasteiger charge is -2.38. The Morgan fingerprint density at radius 2 is 1.95 bits per heavy atom. The zero-order valence-electron chi connectivity index (χ0n) is 11.7. The monoisotopic (exact) mass is 269 g/mol. The van der Waals surface area contributed by atoms with Crippen molar-refractivity contribution in [1.82, 2.24) is 4.90 Å². The number of Topliss-reactive ketones (excluding diaryl/α,β-unsaturated/α-hetero) is 1. The number of benzene rings is 1. The number of ketones is 1. The van der Waals surface area contributed by atoms with E-state index in [0.29, 0.717) is 18.5 Å². The van der Waals surface area contributed by atoms with Gasteiger partial charge < -0.3 is 4.74 Å². The van der Waals surface area contributed by atoms with Gasteiger partial charge in [-0.15, -0.1) is 0 Å². The van der Waals surface area contributed by atoms with Crippen LogP contribution in [0.4, 0.5) is 0 Å². The molecule has 1 fully saturated rings. The Morgan fingerprint density at radius 1 is 1.15 bits per heavy atom. The summed E-state index contributed by atoms with van der Waals surface area (Å²) in [5.74, 6) is 1.26. The first kappa shape index (κ1) is 12.2. The molecule has 0 saturated carbocycles. The van der Waals surface area contributed by atoms with Crippen molar-refractivity contribution in [2.45, 2.75) is 43.9 Å². The smallest absolute Gasteiger partial charge is 0.167 e. The number of carbonyl (C=O) groups excluding carboxylic acids is 1. The van der Waals surface area contributed by atoms with E-state index in [1.54, 1.807) is 0 Å². The second-order valence-corrected chi connectivity index (χ2v) is 6.10. The zero-order chi connectivity index (χ0) is 13.7. The molecule has 1 aromatic rings. The van der Waals surface area contributed by atoms with Gasteiger partial charge in [0.05, 0.1) is 12.0 Å². The van der Waals surface area contributed by atoms with Gasteiger partial charge in [-0.05, 0) is 25.5 Å².